The summed E-state index contributed by atoms with van der Waals surface area (Å²) >= 11 is 3.70. The van der Waals surface area contributed by atoms with Crippen molar-refractivity contribution in [2.45, 2.75) is 31.7 Å². The Morgan fingerprint density at radius 1 is 1.23 bits per heavy atom. The Morgan fingerprint density at radius 2 is 1.92 bits per heavy atom. The second kappa shape index (κ2) is 8.36. The van der Waals surface area contributed by atoms with Crippen LogP contribution in [0.1, 0.15) is 35.7 Å². The summed E-state index contributed by atoms with van der Waals surface area (Å²) < 4.78 is 18.8. The fourth-order valence-corrected chi connectivity index (χ4v) is 6.24. The molecule has 0 atom stereocenters. The maximum atomic E-state index is 14.7. The fourth-order valence-electron chi connectivity index (χ4n) is 2.98. The van der Waals surface area contributed by atoms with Gasteiger partial charge < -0.3 is 0 Å². The molecule has 1 aliphatic rings. The SMILES string of the molecule is CC(=O)NNC(=O)c1c(C)cc(F)c2c1cc(SN1CCCC1)n2SI. The van der Waals surface area contributed by atoms with E-state index in [-0.39, 0.29) is 11.7 Å². The van der Waals surface area contributed by atoms with Crippen molar-refractivity contribution in [3.63, 3.8) is 0 Å². The van der Waals surface area contributed by atoms with Crippen LogP contribution in [0.3, 0.4) is 0 Å². The predicted molar refractivity (Wildman–Crippen MR) is 112 cm³/mol. The molecule has 0 saturated carbocycles. The first kappa shape index (κ1) is 19.8. The fraction of sp³-hybridized carbons (Fsp3) is 0.375. The average molecular weight is 508 g/mol. The van der Waals surface area contributed by atoms with Crippen molar-refractivity contribution in [3.8, 4) is 0 Å². The van der Waals surface area contributed by atoms with E-state index in [9.17, 15) is 14.0 Å². The van der Waals surface area contributed by atoms with Gasteiger partial charge in [0.15, 0.2) is 0 Å². The lowest BCUT2D eigenvalue weighted by molar-refractivity contribution is -0.119. The molecule has 2 aromatic rings. The Kier molecular flexibility index (Phi) is 6.36. The molecule has 1 saturated heterocycles. The molecule has 0 spiro atoms. The zero-order valence-electron chi connectivity index (χ0n) is 14.3. The van der Waals surface area contributed by atoms with Crippen LogP contribution < -0.4 is 10.9 Å². The molecular formula is C16H18FIN4O2S2. The third-order valence-corrected chi connectivity index (χ3v) is 7.02. The number of nitrogens with zero attached hydrogens (tertiary/aromatic N) is 2. The molecule has 1 aromatic carbocycles. The van der Waals surface area contributed by atoms with E-state index in [4.69, 9.17) is 0 Å². The highest BCUT2D eigenvalue weighted by Crippen LogP contribution is 2.39. The maximum Gasteiger partial charge on any atom is 0.270 e. The van der Waals surface area contributed by atoms with Crippen molar-refractivity contribution in [1.82, 2.24) is 19.1 Å². The van der Waals surface area contributed by atoms with Crippen LogP contribution in [-0.4, -0.2) is 33.2 Å². The monoisotopic (exact) mass is 508 g/mol. The zero-order chi connectivity index (χ0) is 18.8. The Balaban J connectivity index is 2.08. The number of carbonyl (C=O) groups excluding carboxylic acids is 2. The summed E-state index contributed by atoms with van der Waals surface area (Å²) in [5.74, 6) is -1.21. The second-order valence-corrected chi connectivity index (χ2v) is 8.82. The first-order valence-electron chi connectivity index (χ1n) is 8.06. The Bertz CT molecular complexity index is 868. The average Bonchev–Trinajstić information content (AvgIpc) is 3.20. The maximum absolute atomic E-state index is 14.7. The summed E-state index contributed by atoms with van der Waals surface area (Å²) in [5, 5.41) is 1.41. The molecule has 6 nitrogen and oxygen atoms in total. The van der Waals surface area contributed by atoms with Gasteiger partial charge in [-0.1, -0.05) is 0 Å². The number of halogens is 2. The van der Waals surface area contributed by atoms with Crippen LogP contribution in [-0.2, 0) is 4.79 Å². The minimum Gasteiger partial charge on any atom is -0.274 e. The molecule has 0 aliphatic carbocycles. The smallest absolute Gasteiger partial charge is 0.270 e. The predicted octanol–water partition coefficient (Wildman–Crippen LogP) is 3.82. The minimum absolute atomic E-state index is 0.364. The summed E-state index contributed by atoms with van der Waals surface area (Å²) in [6, 6.07) is 3.21. The molecule has 10 heteroatoms. The van der Waals surface area contributed by atoms with Crippen LogP contribution in [0, 0.1) is 12.7 Å². The molecule has 1 aliphatic heterocycles. The number of aryl methyl sites for hydroxylation is 1. The van der Waals surface area contributed by atoms with Gasteiger partial charge >= 0.3 is 0 Å². The van der Waals surface area contributed by atoms with E-state index in [1.54, 1.807) is 18.9 Å². The lowest BCUT2D eigenvalue weighted by atomic mass is 10.0. The lowest BCUT2D eigenvalue weighted by Crippen LogP contribution is -2.40. The lowest BCUT2D eigenvalue weighted by Gasteiger charge is -2.14. The van der Waals surface area contributed by atoms with Gasteiger partial charge in [0.1, 0.15) is 10.8 Å². The van der Waals surface area contributed by atoms with E-state index in [0.29, 0.717) is 22.0 Å². The second-order valence-electron chi connectivity index (χ2n) is 6.02. The van der Waals surface area contributed by atoms with Gasteiger partial charge in [0.2, 0.25) is 5.91 Å². The van der Waals surface area contributed by atoms with Crippen LogP contribution in [0.4, 0.5) is 4.39 Å². The number of nitrogens with one attached hydrogen (secondary N) is 2. The summed E-state index contributed by atoms with van der Waals surface area (Å²) in [6.07, 6.45) is 2.31. The molecule has 0 unspecified atom stereocenters. The molecule has 0 radical (unpaired) electrons. The van der Waals surface area contributed by atoms with Gasteiger partial charge in [-0.25, -0.2) is 8.70 Å². The number of fused-ring (bicyclic) bond motifs is 1. The van der Waals surface area contributed by atoms with Crippen LogP contribution in [0.25, 0.3) is 10.9 Å². The molecule has 26 heavy (non-hydrogen) atoms. The third kappa shape index (κ3) is 3.97. The number of aromatic nitrogens is 1. The van der Waals surface area contributed by atoms with Crippen molar-refractivity contribution in [1.29, 1.82) is 0 Å². The van der Waals surface area contributed by atoms with Crippen LogP contribution >= 0.6 is 42.3 Å². The normalized spacial score (nSPS) is 14.8. The molecule has 140 valence electrons. The first-order chi connectivity index (χ1) is 12.4. The van der Waals surface area contributed by atoms with Gasteiger partial charge in [0.05, 0.1) is 11.1 Å². The highest BCUT2D eigenvalue weighted by molar-refractivity contribution is 14.2. The highest BCUT2D eigenvalue weighted by Gasteiger charge is 2.24. The number of hydrogen-bond donors (Lipinski definition) is 2. The minimum atomic E-state index is -0.462. The van der Waals surface area contributed by atoms with Gasteiger partial charge in [-0.2, -0.15) is 0 Å². The zero-order valence-corrected chi connectivity index (χ0v) is 18.1. The van der Waals surface area contributed by atoms with Gasteiger partial charge in [-0.05, 0) is 49.4 Å². The number of hydrazine groups is 1. The van der Waals surface area contributed by atoms with Crippen molar-refractivity contribution < 1.29 is 14.0 Å². The number of benzene rings is 1. The third-order valence-electron chi connectivity index (χ3n) is 4.10. The topological polar surface area (TPSA) is 66.4 Å². The molecule has 1 aromatic heterocycles. The van der Waals surface area contributed by atoms with E-state index in [2.05, 4.69) is 36.4 Å². The number of amides is 2. The Hall–Kier alpha value is -0.980. The van der Waals surface area contributed by atoms with E-state index in [1.807, 2.05) is 10.0 Å². The molecule has 0 bridgehead atoms. The molecular weight excluding hydrogens is 490 g/mol. The Morgan fingerprint density at radius 3 is 2.54 bits per heavy atom. The van der Waals surface area contributed by atoms with Gasteiger partial charge in [-0.3, -0.25) is 24.4 Å². The largest absolute Gasteiger partial charge is 0.274 e. The van der Waals surface area contributed by atoms with Crippen molar-refractivity contribution in [3.05, 3.63) is 29.1 Å². The van der Waals surface area contributed by atoms with Crippen LogP contribution in [0.15, 0.2) is 17.2 Å². The van der Waals surface area contributed by atoms with E-state index in [1.165, 1.54) is 22.1 Å². The molecule has 3 rings (SSSR count). The number of hydrogen-bond acceptors (Lipinski definition) is 5. The van der Waals surface area contributed by atoms with Gasteiger partial charge in [0, 0.05) is 55.7 Å². The number of carbonyl (C=O) groups is 2. The Labute approximate surface area is 171 Å². The van der Waals surface area contributed by atoms with E-state index in [0.717, 1.165) is 31.0 Å². The van der Waals surface area contributed by atoms with E-state index < -0.39 is 5.91 Å². The highest BCUT2D eigenvalue weighted by atomic mass is 127. The van der Waals surface area contributed by atoms with Gasteiger partial charge in [-0.15, -0.1) is 0 Å². The van der Waals surface area contributed by atoms with Crippen molar-refractivity contribution in [2.24, 2.45) is 0 Å². The summed E-state index contributed by atoms with van der Waals surface area (Å²) in [4.78, 5) is 23.6. The first-order valence-corrected chi connectivity index (χ1v) is 12.1. The number of rotatable bonds is 4. The summed E-state index contributed by atoms with van der Waals surface area (Å²) in [6.45, 7) is 4.99. The molecule has 1 fully saturated rings. The molecule has 2 amide bonds. The molecule has 2 heterocycles. The van der Waals surface area contributed by atoms with Crippen LogP contribution in [0.2, 0.25) is 0 Å². The van der Waals surface area contributed by atoms with Crippen LogP contribution in [0.5, 0.6) is 0 Å². The van der Waals surface area contributed by atoms with E-state index >= 15 is 0 Å². The van der Waals surface area contributed by atoms with Crippen molar-refractivity contribution in [2.75, 3.05) is 13.1 Å². The quantitative estimate of drug-likeness (QED) is 0.374. The summed E-state index contributed by atoms with van der Waals surface area (Å²) in [5.41, 5.74) is 5.92. The molecule has 2 N–H and O–H groups in total. The van der Waals surface area contributed by atoms with Crippen molar-refractivity contribution >= 4 is 65.0 Å². The summed E-state index contributed by atoms with van der Waals surface area (Å²) in [7, 11) is 1.37. The standard InChI is InChI=1S/C16H18FIN4O2S2/c1-9-7-12(17)15-11(14(9)16(24)20-19-10(2)23)8-13(22(15)26-18)25-21-5-3-4-6-21/h7-8H,3-6H2,1-2H3,(H,19,23)(H,20,24). The van der Waals surface area contributed by atoms with Gasteiger partial charge in [0.25, 0.3) is 5.91 Å².